The molecule has 2 rings (SSSR count). The molecule has 13 heavy (non-hydrogen) atoms. The van der Waals surface area contributed by atoms with Crippen LogP contribution in [0.15, 0.2) is 0 Å². The first kappa shape index (κ1) is 9.51. The van der Waals surface area contributed by atoms with Gasteiger partial charge in [0.15, 0.2) is 0 Å². The van der Waals surface area contributed by atoms with Crippen molar-refractivity contribution in [2.45, 2.75) is 45.4 Å². The summed E-state index contributed by atoms with van der Waals surface area (Å²) in [7, 11) is 0. The highest BCUT2D eigenvalue weighted by Crippen LogP contribution is 2.28. The number of rotatable bonds is 2. The van der Waals surface area contributed by atoms with Crippen molar-refractivity contribution in [1.29, 1.82) is 0 Å². The summed E-state index contributed by atoms with van der Waals surface area (Å²) in [6.45, 7) is 6.57. The van der Waals surface area contributed by atoms with Crippen LogP contribution in [0.3, 0.4) is 0 Å². The molecule has 0 bridgehead atoms. The Hall–Kier alpha value is -0.0400. The molecule has 1 nitrogen and oxygen atoms in total. The molecular weight excluding hydrogens is 158 g/mol. The summed E-state index contributed by atoms with van der Waals surface area (Å²) in [5.74, 6) is 2.01. The minimum atomic E-state index is 0.947. The van der Waals surface area contributed by atoms with E-state index in [9.17, 15) is 0 Å². The van der Waals surface area contributed by atoms with Gasteiger partial charge >= 0.3 is 0 Å². The van der Waals surface area contributed by atoms with E-state index in [1.54, 1.807) is 0 Å². The Morgan fingerprint density at radius 3 is 2.62 bits per heavy atom. The van der Waals surface area contributed by atoms with E-state index in [1.807, 2.05) is 0 Å². The lowest BCUT2D eigenvalue weighted by Gasteiger charge is -2.32. The minimum Gasteiger partial charge on any atom is -0.303 e. The van der Waals surface area contributed by atoms with Crippen LogP contribution in [0, 0.1) is 11.8 Å². The fraction of sp³-hybridized carbons (Fsp3) is 1.00. The first-order chi connectivity index (χ1) is 6.34. The molecule has 0 spiro atoms. The number of hydrogen-bond donors (Lipinski definition) is 0. The van der Waals surface area contributed by atoms with Gasteiger partial charge in [0.05, 0.1) is 0 Å². The summed E-state index contributed by atoms with van der Waals surface area (Å²) in [6.07, 6.45) is 8.87. The molecule has 0 radical (unpaired) electrons. The van der Waals surface area contributed by atoms with Crippen molar-refractivity contribution in [2.75, 3.05) is 19.6 Å². The summed E-state index contributed by atoms with van der Waals surface area (Å²) in [6, 6.07) is 0. The van der Waals surface area contributed by atoms with Crippen LogP contribution in [0.2, 0.25) is 0 Å². The highest BCUT2D eigenvalue weighted by atomic mass is 15.1. The lowest BCUT2D eigenvalue weighted by molar-refractivity contribution is 0.170. The van der Waals surface area contributed by atoms with E-state index in [4.69, 9.17) is 0 Å². The third-order valence-electron chi connectivity index (χ3n) is 3.73. The Balaban J connectivity index is 1.75. The van der Waals surface area contributed by atoms with Gasteiger partial charge in [-0.3, -0.25) is 0 Å². The second kappa shape index (κ2) is 4.45. The van der Waals surface area contributed by atoms with Crippen molar-refractivity contribution in [1.82, 2.24) is 4.90 Å². The van der Waals surface area contributed by atoms with E-state index >= 15 is 0 Å². The molecule has 0 aromatic carbocycles. The van der Waals surface area contributed by atoms with Gasteiger partial charge in [-0.1, -0.05) is 19.8 Å². The Morgan fingerprint density at radius 1 is 1.08 bits per heavy atom. The molecule has 1 heterocycles. The van der Waals surface area contributed by atoms with Crippen molar-refractivity contribution in [3.8, 4) is 0 Å². The fourth-order valence-electron chi connectivity index (χ4n) is 2.66. The summed E-state index contributed by atoms with van der Waals surface area (Å²) in [5.41, 5.74) is 0. The van der Waals surface area contributed by atoms with E-state index < -0.39 is 0 Å². The smallest absolute Gasteiger partial charge is 0.000977 e. The van der Waals surface area contributed by atoms with Crippen LogP contribution >= 0.6 is 0 Å². The van der Waals surface area contributed by atoms with E-state index in [0.717, 1.165) is 11.8 Å². The maximum absolute atomic E-state index is 2.72. The average Bonchev–Trinajstić information content (AvgIpc) is 2.22. The van der Waals surface area contributed by atoms with Crippen LogP contribution in [0.25, 0.3) is 0 Å². The lowest BCUT2D eigenvalue weighted by atomic mass is 9.85. The van der Waals surface area contributed by atoms with Gasteiger partial charge in [0.2, 0.25) is 0 Å². The molecule has 0 aromatic heterocycles. The van der Waals surface area contributed by atoms with Crippen molar-refractivity contribution in [2.24, 2.45) is 11.8 Å². The SMILES string of the molecule is CC1CCCCN(CC2CCC2)C1. The molecule has 0 N–H and O–H groups in total. The number of likely N-dealkylation sites (tertiary alicyclic amines) is 1. The molecular formula is C12H23N. The average molecular weight is 181 g/mol. The first-order valence-corrected chi connectivity index (χ1v) is 6.07. The topological polar surface area (TPSA) is 3.24 Å². The monoisotopic (exact) mass is 181 g/mol. The highest BCUT2D eigenvalue weighted by Gasteiger charge is 2.22. The van der Waals surface area contributed by atoms with Crippen LogP contribution in [0.1, 0.15) is 45.4 Å². The van der Waals surface area contributed by atoms with Crippen LogP contribution in [-0.2, 0) is 0 Å². The van der Waals surface area contributed by atoms with Crippen molar-refractivity contribution in [3.05, 3.63) is 0 Å². The van der Waals surface area contributed by atoms with Gasteiger partial charge in [0.1, 0.15) is 0 Å². The third-order valence-corrected chi connectivity index (χ3v) is 3.73. The summed E-state index contributed by atoms with van der Waals surface area (Å²) >= 11 is 0. The molecule has 76 valence electrons. The molecule has 1 unspecified atom stereocenters. The van der Waals surface area contributed by atoms with Crippen LogP contribution < -0.4 is 0 Å². The van der Waals surface area contributed by atoms with Crippen LogP contribution in [0.4, 0.5) is 0 Å². The van der Waals surface area contributed by atoms with Gasteiger partial charge in [-0.25, -0.2) is 0 Å². The fourth-order valence-corrected chi connectivity index (χ4v) is 2.66. The van der Waals surface area contributed by atoms with E-state index in [0.29, 0.717) is 0 Å². The normalized spacial score (nSPS) is 32.5. The van der Waals surface area contributed by atoms with Gasteiger partial charge in [-0.05, 0) is 44.1 Å². The van der Waals surface area contributed by atoms with Crippen LogP contribution in [-0.4, -0.2) is 24.5 Å². The third kappa shape index (κ3) is 2.70. The van der Waals surface area contributed by atoms with Gasteiger partial charge in [0, 0.05) is 13.1 Å². The maximum atomic E-state index is 2.72. The molecule has 1 heteroatoms. The molecule has 1 saturated heterocycles. The van der Waals surface area contributed by atoms with Crippen molar-refractivity contribution in [3.63, 3.8) is 0 Å². The van der Waals surface area contributed by atoms with E-state index in [-0.39, 0.29) is 0 Å². The lowest BCUT2D eigenvalue weighted by Crippen LogP contribution is -2.34. The molecule has 1 atom stereocenters. The van der Waals surface area contributed by atoms with Gasteiger partial charge in [-0.15, -0.1) is 0 Å². The molecule has 0 amide bonds. The zero-order chi connectivity index (χ0) is 9.10. The Labute approximate surface area is 82.5 Å². The van der Waals surface area contributed by atoms with E-state index in [1.165, 1.54) is 58.2 Å². The van der Waals surface area contributed by atoms with Gasteiger partial charge in [0.25, 0.3) is 0 Å². The Bertz CT molecular complexity index is 151. The highest BCUT2D eigenvalue weighted by molar-refractivity contribution is 4.76. The predicted octanol–water partition coefficient (Wildman–Crippen LogP) is 2.91. The predicted molar refractivity (Wildman–Crippen MR) is 56.8 cm³/mol. The van der Waals surface area contributed by atoms with Crippen molar-refractivity contribution >= 4 is 0 Å². The maximum Gasteiger partial charge on any atom is 0.000977 e. The quantitative estimate of drug-likeness (QED) is 0.633. The van der Waals surface area contributed by atoms with Gasteiger partial charge < -0.3 is 4.90 Å². The summed E-state index contributed by atoms with van der Waals surface area (Å²) < 4.78 is 0. The molecule has 1 aliphatic heterocycles. The zero-order valence-electron chi connectivity index (χ0n) is 8.97. The largest absolute Gasteiger partial charge is 0.303 e. The first-order valence-electron chi connectivity index (χ1n) is 6.07. The Morgan fingerprint density at radius 2 is 1.92 bits per heavy atom. The Kier molecular flexibility index (Phi) is 3.26. The second-order valence-electron chi connectivity index (χ2n) is 5.16. The van der Waals surface area contributed by atoms with Gasteiger partial charge in [-0.2, -0.15) is 0 Å². The van der Waals surface area contributed by atoms with Crippen molar-refractivity contribution < 1.29 is 0 Å². The summed E-state index contributed by atoms with van der Waals surface area (Å²) in [5, 5.41) is 0. The summed E-state index contributed by atoms with van der Waals surface area (Å²) in [4.78, 5) is 2.72. The molecule has 0 aromatic rings. The standard InChI is InChI=1S/C12H23N/c1-11-5-2-3-8-13(9-11)10-12-6-4-7-12/h11-12H,2-10H2,1H3. The number of hydrogen-bond acceptors (Lipinski definition) is 1. The number of nitrogens with zero attached hydrogens (tertiary/aromatic N) is 1. The molecule has 2 aliphatic rings. The zero-order valence-corrected chi connectivity index (χ0v) is 8.97. The minimum absolute atomic E-state index is 0.947. The molecule has 2 fully saturated rings. The van der Waals surface area contributed by atoms with Crippen LogP contribution in [0.5, 0.6) is 0 Å². The molecule has 1 saturated carbocycles. The second-order valence-corrected chi connectivity index (χ2v) is 5.16. The van der Waals surface area contributed by atoms with E-state index in [2.05, 4.69) is 11.8 Å². The molecule has 1 aliphatic carbocycles.